The van der Waals surface area contributed by atoms with Gasteiger partial charge in [-0.2, -0.15) is 0 Å². The van der Waals surface area contributed by atoms with E-state index in [4.69, 9.17) is 4.74 Å². The quantitative estimate of drug-likeness (QED) is 0.528. The number of phenolic OH excluding ortho intramolecular Hbond substituents is 1. The Hall–Kier alpha value is -3.55. The molecule has 2 aromatic rings. The first-order valence-corrected chi connectivity index (χ1v) is 11.7. The summed E-state index contributed by atoms with van der Waals surface area (Å²) >= 11 is 0. The lowest BCUT2D eigenvalue weighted by Gasteiger charge is -2.32. The van der Waals surface area contributed by atoms with E-state index in [2.05, 4.69) is 10.6 Å². The summed E-state index contributed by atoms with van der Waals surface area (Å²) in [6.07, 6.45) is -0.587. The van der Waals surface area contributed by atoms with Gasteiger partial charge < -0.3 is 25.4 Å². The topological polar surface area (TPSA) is 108 Å². The van der Waals surface area contributed by atoms with E-state index in [1.165, 1.54) is 17.0 Å². The summed E-state index contributed by atoms with van der Waals surface area (Å²) in [4.78, 5) is 40.8. The largest absolute Gasteiger partial charge is 0.508 e. The number of likely N-dealkylation sites (N-methyl/N-ethyl adjacent to an activating group) is 1. The third kappa shape index (κ3) is 8.63. The Morgan fingerprint density at radius 2 is 1.54 bits per heavy atom. The number of phenols is 1. The second-order valence-corrected chi connectivity index (χ2v) is 10.00. The maximum absolute atomic E-state index is 13.7. The monoisotopic (exact) mass is 483 g/mol. The van der Waals surface area contributed by atoms with Crippen LogP contribution < -0.4 is 10.6 Å². The number of alkyl carbamates (subject to hydrolysis) is 1. The van der Waals surface area contributed by atoms with Crippen LogP contribution in [0.4, 0.5) is 4.79 Å². The normalized spacial score (nSPS) is 13.0. The molecule has 8 heteroatoms. The van der Waals surface area contributed by atoms with Gasteiger partial charge in [-0.15, -0.1) is 0 Å². The Morgan fingerprint density at radius 1 is 0.971 bits per heavy atom. The van der Waals surface area contributed by atoms with Crippen molar-refractivity contribution in [2.75, 3.05) is 7.05 Å². The fourth-order valence-electron chi connectivity index (χ4n) is 3.55. The maximum Gasteiger partial charge on any atom is 0.408 e. The number of amides is 3. The van der Waals surface area contributed by atoms with Gasteiger partial charge in [0.15, 0.2) is 0 Å². The average Bonchev–Trinajstić information content (AvgIpc) is 2.74. The third-order valence-electron chi connectivity index (χ3n) is 5.17. The van der Waals surface area contributed by atoms with E-state index in [1.807, 2.05) is 45.0 Å². The molecule has 2 rings (SSSR count). The van der Waals surface area contributed by atoms with Gasteiger partial charge in [0.05, 0.1) is 0 Å². The molecule has 0 bridgehead atoms. The van der Waals surface area contributed by atoms with Crippen molar-refractivity contribution in [2.45, 2.75) is 71.7 Å². The first-order chi connectivity index (χ1) is 16.3. The number of benzene rings is 2. The maximum atomic E-state index is 13.7. The van der Waals surface area contributed by atoms with Crippen LogP contribution in [0, 0.1) is 6.92 Å². The summed E-state index contributed by atoms with van der Waals surface area (Å²) in [5, 5.41) is 15.2. The lowest BCUT2D eigenvalue weighted by Crippen LogP contribution is -2.53. The minimum absolute atomic E-state index is 0.0960. The van der Waals surface area contributed by atoms with Gasteiger partial charge in [0.2, 0.25) is 11.8 Å². The second kappa shape index (κ2) is 11.7. The predicted molar refractivity (Wildman–Crippen MR) is 135 cm³/mol. The highest BCUT2D eigenvalue weighted by atomic mass is 16.6. The summed E-state index contributed by atoms with van der Waals surface area (Å²) in [5.74, 6) is -0.674. The van der Waals surface area contributed by atoms with Crippen molar-refractivity contribution in [1.82, 2.24) is 15.5 Å². The Balaban J connectivity index is 2.39. The lowest BCUT2D eigenvalue weighted by molar-refractivity contribution is -0.141. The Bertz CT molecular complexity index is 1010. The van der Waals surface area contributed by atoms with Gasteiger partial charge in [0, 0.05) is 19.5 Å². The molecule has 3 N–H and O–H groups in total. The molecular formula is C27H37N3O5. The van der Waals surface area contributed by atoms with E-state index in [1.54, 1.807) is 40.0 Å². The van der Waals surface area contributed by atoms with Gasteiger partial charge in [-0.25, -0.2) is 4.79 Å². The highest BCUT2D eigenvalue weighted by Gasteiger charge is 2.34. The molecule has 0 heterocycles. The number of aryl methyl sites for hydroxylation is 1. The summed E-state index contributed by atoms with van der Waals surface area (Å²) in [6.45, 7) is 10.9. The molecule has 0 saturated heterocycles. The van der Waals surface area contributed by atoms with Crippen LogP contribution in [0.5, 0.6) is 5.75 Å². The first-order valence-electron chi connectivity index (χ1n) is 11.7. The summed E-state index contributed by atoms with van der Waals surface area (Å²) in [5.41, 5.74) is 1.67. The number of nitrogens with zero attached hydrogens (tertiary/aromatic N) is 1. The Labute approximate surface area is 207 Å². The van der Waals surface area contributed by atoms with E-state index >= 15 is 0 Å². The van der Waals surface area contributed by atoms with Crippen molar-refractivity contribution in [3.05, 3.63) is 65.2 Å². The van der Waals surface area contributed by atoms with Gasteiger partial charge in [0.25, 0.3) is 0 Å². The van der Waals surface area contributed by atoms with Gasteiger partial charge in [-0.3, -0.25) is 9.59 Å². The highest BCUT2D eigenvalue weighted by molar-refractivity contribution is 5.92. The molecule has 0 aliphatic heterocycles. The molecule has 0 radical (unpaired) electrons. The highest BCUT2D eigenvalue weighted by Crippen LogP contribution is 2.23. The zero-order chi connectivity index (χ0) is 26.3. The predicted octanol–water partition coefficient (Wildman–Crippen LogP) is 3.86. The smallest absolute Gasteiger partial charge is 0.408 e. The molecule has 2 unspecified atom stereocenters. The molecule has 8 nitrogen and oxygen atoms in total. The molecule has 3 amide bonds. The van der Waals surface area contributed by atoms with Gasteiger partial charge in [0.1, 0.15) is 23.4 Å². The van der Waals surface area contributed by atoms with Crippen LogP contribution in [0.25, 0.3) is 0 Å². The number of ether oxygens (including phenoxy) is 1. The van der Waals surface area contributed by atoms with Crippen LogP contribution in [-0.4, -0.2) is 52.6 Å². The summed E-state index contributed by atoms with van der Waals surface area (Å²) in [7, 11) is 1.55. The first kappa shape index (κ1) is 27.7. The van der Waals surface area contributed by atoms with E-state index in [0.29, 0.717) is 5.56 Å². The van der Waals surface area contributed by atoms with Crippen LogP contribution in [0.3, 0.4) is 0 Å². The number of carbonyl (C=O) groups is 3. The van der Waals surface area contributed by atoms with Crippen molar-refractivity contribution in [3.63, 3.8) is 0 Å². The second-order valence-electron chi connectivity index (χ2n) is 10.00. The van der Waals surface area contributed by atoms with Crippen molar-refractivity contribution in [2.24, 2.45) is 0 Å². The van der Waals surface area contributed by atoms with Crippen LogP contribution in [0.2, 0.25) is 0 Å². The minimum Gasteiger partial charge on any atom is -0.508 e. The Morgan fingerprint density at radius 3 is 2.06 bits per heavy atom. The number of aromatic hydroxyl groups is 1. The fourth-order valence-corrected chi connectivity index (χ4v) is 3.55. The Kier molecular flexibility index (Phi) is 9.28. The number of hydrogen-bond acceptors (Lipinski definition) is 5. The van der Waals surface area contributed by atoms with Crippen molar-refractivity contribution < 1.29 is 24.2 Å². The third-order valence-corrected chi connectivity index (χ3v) is 5.17. The average molecular weight is 484 g/mol. The summed E-state index contributed by atoms with van der Waals surface area (Å²) < 4.78 is 5.37. The molecule has 0 aromatic heterocycles. The van der Waals surface area contributed by atoms with Crippen LogP contribution >= 0.6 is 0 Å². The van der Waals surface area contributed by atoms with Crippen LogP contribution in [-0.2, 0) is 20.7 Å². The molecule has 0 fully saturated rings. The van der Waals surface area contributed by atoms with Crippen molar-refractivity contribution >= 4 is 17.9 Å². The lowest BCUT2D eigenvalue weighted by atomic mass is 10.00. The van der Waals surface area contributed by atoms with E-state index in [9.17, 15) is 19.5 Å². The summed E-state index contributed by atoms with van der Waals surface area (Å²) in [6, 6.07) is 11.8. The number of rotatable bonds is 8. The SMILES string of the molecule is Cc1ccc(C(C(=O)NC(C)C)N(C)C(=O)C(Cc2ccc(O)cc2)NC(=O)OC(C)(C)C)cc1. The van der Waals surface area contributed by atoms with Gasteiger partial charge >= 0.3 is 6.09 Å². The van der Waals surface area contributed by atoms with Gasteiger partial charge in [-0.1, -0.05) is 42.0 Å². The standard InChI is InChI=1S/C27H37N3O5/c1-17(2)28-24(32)23(20-12-8-18(3)9-13-20)30(7)25(33)22(29-26(34)35-27(4,5)6)16-19-10-14-21(31)15-11-19/h8-15,17,22-23,31H,16H2,1-7H3,(H,28,32)(H,29,34). The molecule has 0 aliphatic carbocycles. The zero-order valence-corrected chi connectivity index (χ0v) is 21.6. The van der Waals surface area contributed by atoms with E-state index < -0.39 is 29.7 Å². The van der Waals surface area contributed by atoms with Crippen LogP contribution in [0.1, 0.15) is 57.4 Å². The van der Waals surface area contributed by atoms with Crippen LogP contribution in [0.15, 0.2) is 48.5 Å². The van der Waals surface area contributed by atoms with Crippen molar-refractivity contribution in [3.8, 4) is 5.75 Å². The molecule has 0 saturated carbocycles. The molecule has 2 aromatic carbocycles. The molecular weight excluding hydrogens is 446 g/mol. The number of carbonyl (C=O) groups excluding carboxylic acids is 3. The molecule has 35 heavy (non-hydrogen) atoms. The fraction of sp³-hybridized carbons (Fsp3) is 0.444. The molecule has 0 spiro atoms. The molecule has 0 aliphatic rings. The molecule has 190 valence electrons. The van der Waals surface area contributed by atoms with Crippen molar-refractivity contribution in [1.29, 1.82) is 0 Å². The minimum atomic E-state index is -1.00. The van der Waals surface area contributed by atoms with E-state index in [-0.39, 0.29) is 24.1 Å². The number of hydrogen-bond donors (Lipinski definition) is 3. The van der Waals surface area contributed by atoms with E-state index in [0.717, 1.165) is 11.1 Å². The molecule has 2 atom stereocenters. The van der Waals surface area contributed by atoms with Gasteiger partial charge in [-0.05, 0) is 64.8 Å². The number of nitrogens with one attached hydrogen (secondary N) is 2. The zero-order valence-electron chi connectivity index (χ0n) is 21.6.